The molecular formula is C28H37N3O3. The van der Waals surface area contributed by atoms with Crippen molar-refractivity contribution in [3.8, 4) is 5.88 Å². The van der Waals surface area contributed by atoms with E-state index in [0.717, 1.165) is 79.6 Å². The number of aryl methyl sites for hydroxylation is 2. The summed E-state index contributed by atoms with van der Waals surface area (Å²) in [5.74, 6) is 0.511. The quantitative estimate of drug-likeness (QED) is 0.653. The van der Waals surface area contributed by atoms with E-state index >= 15 is 0 Å². The molecule has 0 radical (unpaired) electrons. The van der Waals surface area contributed by atoms with E-state index in [4.69, 9.17) is 4.74 Å². The molecule has 0 spiro atoms. The van der Waals surface area contributed by atoms with Crippen molar-refractivity contribution in [2.24, 2.45) is 0 Å². The first-order valence-electron chi connectivity index (χ1n) is 12.5. The van der Waals surface area contributed by atoms with Crippen LogP contribution in [-0.2, 0) is 19.4 Å². The second-order valence-corrected chi connectivity index (χ2v) is 9.36. The second kappa shape index (κ2) is 11.0. The zero-order valence-electron chi connectivity index (χ0n) is 20.6. The highest BCUT2D eigenvalue weighted by Crippen LogP contribution is 2.32. The van der Waals surface area contributed by atoms with Gasteiger partial charge in [-0.3, -0.25) is 4.79 Å². The number of nitrogens with zero attached hydrogens (tertiary/aromatic N) is 2. The van der Waals surface area contributed by atoms with Crippen LogP contribution in [0.4, 0.5) is 5.69 Å². The minimum absolute atomic E-state index is 0.0745. The van der Waals surface area contributed by atoms with E-state index < -0.39 is 0 Å². The second-order valence-electron chi connectivity index (χ2n) is 9.36. The van der Waals surface area contributed by atoms with Crippen molar-refractivity contribution >= 4 is 11.6 Å². The molecule has 1 aliphatic heterocycles. The predicted octanol–water partition coefficient (Wildman–Crippen LogP) is 4.50. The summed E-state index contributed by atoms with van der Waals surface area (Å²) in [6.07, 6.45) is 10.4. The number of methoxy groups -OCH3 is 1. The molecule has 34 heavy (non-hydrogen) atoms. The molecule has 6 nitrogen and oxygen atoms in total. The van der Waals surface area contributed by atoms with Crippen LogP contribution in [0.25, 0.3) is 0 Å². The Morgan fingerprint density at radius 2 is 1.97 bits per heavy atom. The Bertz CT molecular complexity index is 1040. The summed E-state index contributed by atoms with van der Waals surface area (Å²) in [6.45, 7) is 5.40. The number of pyridine rings is 1. The topological polar surface area (TPSA) is 74.7 Å². The van der Waals surface area contributed by atoms with Crippen molar-refractivity contribution in [3.05, 3.63) is 64.4 Å². The summed E-state index contributed by atoms with van der Waals surface area (Å²) >= 11 is 0. The number of nitrogens with one attached hydrogen (secondary N) is 1. The van der Waals surface area contributed by atoms with E-state index in [1.807, 2.05) is 19.1 Å². The van der Waals surface area contributed by atoms with Gasteiger partial charge in [-0.15, -0.1) is 0 Å². The molecule has 1 aromatic carbocycles. The van der Waals surface area contributed by atoms with Crippen LogP contribution >= 0.6 is 0 Å². The normalized spacial score (nSPS) is 21.8. The Morgan fingerprint density at radius 1 is 1.18 bits per heavy atom. The fourth-order valence-corrected chi connectivity index (χ4v) is 5.41. The van der Waals surface area contributed by atoms with E-state index in [9.17, 15) is 9.90 Å². The maximum Gasteiger partial charge on any atom is 0.251 e. The number of anilines is 1. The number of rotatable bonds is 4. The number of carbonyl (C=O) groups excluding carboxylic acids is 1. The van der Waals surface area contributed by atoms with Crippen molar-refractivity contribution in [2.75, 3.05) is 18.6 Å². The van der Waals surface area contributed by atoms with E-state index in [2.05, 4.69) is 46.4 Å². The van der Waals surface area contributed by atoms with Crippen LogP contribution in [-0.4, -0.2) is 41.8 Å². The lowest BCUT2D eigenvalue weighted by Gasteiger charge is -2.38. The van der Waals surface area contributed by atoms with Gasteiger partial charge in [-0.1, -0.05) is 18.2 Å². The van der Waals surface area contributed by atoms with Gasteiger partial charge in [-0.25, -0.2) is 4.98 Å². The standard InChI is InChI=1S/C28H37N3O3/c1-4-31(21-13-15-22(32)16-14-21)26-12-8-11-24-23(26)10-7-5-6-9-20-17-19(2)30-28(34-3)25(20)18-29-27(24)33/h5,7-8,11-12,17,21-22,32H,4,6,9-10,13-16,18H2,1-3H3,(H,29,33)/b7-5+/t21-,22+. The summed E-state index contributed by atoms with van der Waals surface area (Å²) in [7, 11) is 1.63. The molecule has 6 heteroatoms. The molecule has 182 valence electrons. The number of benzene rings is 1. The minimum Gasteiger partial charge on any atom is -0.481 e. The highest BCUT2D eigenvalue weighted by atomic mass is 16.5. The van der Waals surface area contributed by atoms with Crippen LogP contribution in [0.3, 0.4) is 0 Å². The number of ether oxygens (including phenoxy) is 1. The minimum atomic E-state index is -0.182. The first kappa shape index (κ1) is 24.3. The van der Waals surface area contributed by atoms with Crippen molar-refractivity contribution in [1.82, 2.24) is 10.3 Å². The molecule has 0 unspecified atom stereocenters. The van der Waals surface area contributed by atoms with Crippen LogP contribution in [0.2, 0.25) is 0 Å². The first-order valence-corrected chi connectivity index (χ1v) is 12.5. The van der Waals surface area contributed by atoms with Crippen molar-refractivity contribution in [2.45, 2.75) is 77.5 Å². The van der Waals surface area contributed by atoms with Crippen LogP contribution in [0.1, 0.15) is 71.8 Å². The van der Waals surface area contributed by atoms with E-state index in [-0.39, 0.29) is 12.0 Å². The number of aromatic nitrogens is 1. The van der Waals surface area contributed by atoms with Gasteiger partial charge in [0.25, 0.3) is 5.91 Å². The lowest BCUT2D eigenvalue weighted by Crippen LogP contribution is -2.40. The highest BCUT2D eigenvalue weighted by molar-refractivity contribution is 5.97. The predicted molar refractivity (Wildman–Crippen MR) is 136 cm³/mol. The van der Waals surface area contributed by atoms with E-state index in [1.165, 1.54) is 5.56 Å². The SMILES string of the molecule is CCN(c1cccc2c1C/C=C/CCc1cc(C)nc(OC)c1CNC2=O)[C@H]1CC[C@@H](O)CC1. The Morgan fingerprint density at radius 3 is 2.71 bits per heavy atom. The number of carbonyl (C=O) groups is 1. The summed E-state index contributed by atoms with van der Waals surface area (Å²) < 4.78 is 5.56. The molecule has 0 atom stereocenters. The third-order valence-electron chi connectivity index (χ3n) is 7.15. The molecule has 4 rings (SSSR count). The van der Waals surface area contributed by atoms with Crippen LogP contribution in [0.15, 0.2) is 36.4 Å². The molecule has 1 aromatic heterocycles. The van der Waals surface area contributed by atoms with Crippen molar-refractivity contribution in [1.29, 1.82) is 0 Å². The number of fused-ring (bicyclic) bond motifs is 2. The average molecular weight is 464 g/mol. The molecule has 2 N–H and O–H groups in total. The van der Waals surface area contributed by atoms with E-state index in [0.29, 0.717) is 18.5 Å². The number of allylic oxidation sites excluding steroid dienone is 2. The monoisotopic (exact) mass is 463 g/mol. The molecule has 1 aliphatic carbocycles. The molecule has 1 amide bonds. The lowest BCUT2D eigenvalue weighted by molar-refractivity contribution is 0.0949. The smallest absolute Gasteiger partial charge is 0.251 e. The van der Waals surface area contributed by atoms with Crippen molar-refractivity contribution < 1.29 is 14.6 Å². The van der Waals surface area contributed by atoms with Gasteiger partial charge in [-0.05, 0) is 88.1 Å². The summed E-state index contributed by atoms with van der Waals surface area (Å²) in [5, 5.41) is 13.1. The number of aliphatic hydroxyl groups excluding tert-OH is 1. The van der Waals surface area contributed by atoms with Gasteiger partial charge < -0.3 is 20.1 Å². The van der Waals surface area contributed by atoms with Gasteiger partial charge in [0.1, 0.15) is 0 Å². The molecular weight excluding hydrogens is 426 g/mol. The maximum atomic E-state index is 13.4. The zero-order chi connectivity index (χ0) is 24.1. The first-order chi connectivity index (χ1) is 16.5. The Labute approximate surface area is 203 Å². The van der Waals surface area contributed by atoms with Gasteiger partial charge in [0.05, 0.1) is 13.2 Å². The molecule has 2 aliphatic rings. The molecule has 0 saturated heterocycles. The molecule has 0 bridgehead atoms. The van der Waals surface area contributed by atoms with E-state index in [1.54, 1.807) is 7.11 Å². The largest absolute Gasteiger partial charge is 0.481 e. The maximum absolute atomic E-state index is 13.4. The molecule has 1 saturated carbocycles. The van der Waals surface area contributed by atoms with Gasteiger partial charge in [-0.2, -0.15) is 0 Å². The fourth-order valence-electron chi connectivity index (χ4n) is 5.41. The summed E-state index contributed by atoms with van der Waals surface area (Å²) in [6, 6.07) is 8.54. The van der Waals surface area contributed by atoms with Gasteiger partial charge in [0.15, 0.2) is 0 Å². The Hall–Kier alpha value is -2.86. The third-order valence-corrected chi connectivity index (χ3v) is 7.15. The summed E-state index contributed by atoms with van der Waals surface area (Å²) in [5.41, 5.74) is 5.96. The van der Waals surface area contributed by atoms with Crippen LogP contribution in [0, 0.1) is 6.92 Å². The Balaban J connectivity index is 1.68. The fraction of sp³-hybridized carbons (Fsp3) is 0.500. The number of aliphatic hydroxyl groups is 1. The number of amides is 1. The number of hydrogen-bond donors (Lipinski definition) is 2. The number of hydrogen-bond acceptors (Lipinski definition) is 5. The van der Waals surface area contributed by atoms with Crippen LogP contribution in [0.5, 0.6) is 5.88 Å². The van der Waals surface area contributed by atoms with Crippen molar-refractivity contribution in [3.63, 3.8) is 0 Å². The highest BCUT2D eigenvalue weighted by Gasteiger charge is 2.27. The molecule has 2 aromatic rings. The van der Waals surface area contributed by atoms with Gasteiger partial charge in [0, 0.05) is 41.6 Å². The lowest BCUT2D eigenvalue weighted by atomic mass is 9.90. The van der Waals surface area contributed by atoms with Crippen LogP contribution < -0.4 is 15.0 Å². The summed E-state index contributed by atoms with van der Waals surface area (Å²) in [4.78, 5) is 20.4. The third kappa shape index (κ3) is 5.27. The average Bonchev–Trinajstić information content (AvgIpc) is 2.84. The molecule has 1 fully saturated rings. The van der Waals surface area contributed by atoms with Gasteiger partial charge >= 0.3 is 0 Å². The van der Waals surface area contributed by atoms with Gasteiger partial charge in [0.2, 0.25) is 5.88 Å². The Kier molecular flexibility index (Phi) is 7.88. The molecule has 2 heterocycles. The zero-order valence-corrected chi connectivity index (χ0v) is 20.6.